The SMILES string of the molecule is CCN(C)CCn1cnc2cccc(C(=O)O)c21. The third-order valence-corrected chi connectivity index (χ3v) is 3.13. The molecule has 2 aromatic rings. The smallest absolute Gasteiger partial charge is 0.337 e. The summed E-state index contributed by atoms with van der Waals surface area (Å²) in [6, 6.07) is 5.18. The lowest BCUT2D eigenvalue weighted by molar-refractivity contribution is 0.0698. The predicted octanol–water partition coefficient (Wildman–Crippen LogP) is 1.69. The molecule has 0 fully saturated rings. The van der Waals surface area contributed by atoms with Crippen molar-refractivity contribution < 1.29 is 9.90 Å². The van der Waals surface area contributed by atoms with E-state index in [0.29, 0.717) is 11.1 Å². The third-order valence-electron chi connectivity index (χ3n) is 3.13. The number of carboxylic acids is 1. The van der Waals surface area contributed by atoms with Gasteiger partial charge >= 0.3 is 5.97 Å². The van der Waals surface area contributed by atoms with Crippen LogP contribution in [0.15, 0.2) is 24.5 Å². The molecule has 0 spiro atoms. The Morgan fingerprint density at radius 3 is 2.94 bits per heavy atom. The molecule has 96 valence electrons. The van der Waals surface area contributed by atoms with Crippen molar-refractivity contribution in [3.8, 4) is 0 Å². The summed E-state index contributed by atoms with van der Waals surface area (Å²) in [5, 5.41) is 9.20. The van der Waals surface area contributed by atoms with E-state index >= 15 is 0 Å². The van der Waals surface area contributed by atoms with Crippen LogP contribution >= 0.6 is 0 Å². The van der Waals surface area contributed by atoms with Gasteiger partial charge in [0.15, 0.2) is 0 Å². The van der Waals surface area contributed by atoms with Gasteiger partial charge in [-0.2, -0.15) is 0 Å². The Hall–Kier alpha value is -1.88. The maximum Gasteiger partial charge on any atom is 0.337 e. The number of para-hydroxylation sites is 1. The lowest BCUT2D eigenvalue weighted by atomic mass is 10.2. The minimum absolute atomic E-state index is 0.309. The molecule has 0 atom stereocenters. The van der Waals surface area contributed by atoms with Crippen LogP contribution in [0.1, 0.15) is 17.3 Å². The van der Waals surface area contributed by atoms with Gasteiger partial charge in [-0.1, -0.05) is 13.0 Å². The number of likely N-dealkylation sites (N-methyl/N-ethyl adjacent to an activating group) is 1. The molecule has 1 aromatic carbocycles. The van der Waals surface area contributed by atoms with Gasteiger partial charge in [0.25, 0.3) is 0 Å². The third kappa shape index (κ3) is 2.36. The molecule has 0 unspecified atom stereocenters. The van der Waals surface area contributed by atoms with E-state index in [4.69, 9.17) is 0 Å². The number of hydrogen-bond donors (Lipinski definition) is 1. The van der Waals surface area contributed by atoms with Crippen molar-refractivity contribution in [2.45, 2.75) is 13.5 Å². The van der Waals surface area contributed by atoms with Gasteiger partial charge in [0.2, 0.25) is 0 Å². The molecule has 0 aliphatic heterocycles. The van der Waals surface area contributed by atoms with Gasteiger partial charge in [-0.15, -0.1) is 0 Å². The second kappa shape index (κ2) is 5.18. The fraction of sp³-hybridized carbons (Fsp3) is 0.385. The molecule has 0 amide bonds. The topological polar surface area (TPSA) is 58.4 Å². The number of aromatic carboxylic acids is 1. The summed E-state index contributed by atoms with van der Waals surface area (Å²) in [5.41, 5.74) is 1.74. The molecule has 1 N–H and O–H groups in total. The highest BCUT2D eigenvalue weighted by Gasteiger charge is 2.13. The van der Waals surface area contributed by atoms with Crippen LogP contribution in [0, 0.1) is 0 Å². The fourth-order valence-corrected chi connectivity index (χ4v) is 1.91. The molecule has 5 nitrogen and oxygen atoms in total. The number of rotatable bonds is 5. The highest BCUT2D eigenvalue weighted by molar-refractivity contribution is 6.01. The minimum Gasteiger partial charge on any atom is -0.478 e. The Kier molecular flexibility index (Phi) is 3.62. The Morgan fingerprint density at radius 2 is 2.28 bits per heavy atom. The van der Waals surface area contributed by atoms with Crippen LogP contribution in [0.5, 0.6) is 0 Å². The summed E-state index contributed by atoms with van der Waals surface area (Å²) in [4.78, 5) is 17.6. The number of carboxylic acid groups (broad SMARTS) is 1. The van der Waals surface area contributed by atoms with E-state index in [1.165, 1.54) is 0 Å². The lowest BCUT2D eigenvalue weighted by Gasteiger charge is -2.14. The van der Waals surface area contributed by atoms with Gasteiger partial charge in [0.1, 0.15) is 0 Å². The van der Waals surface area contributed by atoms with Gasteiger partial charge in [0.05, 0.1) is 22.9 Å². The first kappa shape index (κ1) is 12.6. The number of imidazole rings is 1. The first-order valence-electron chi connectivity index (χ1n) is 5.99. The summed E-state index contributed by atoms with van der Waals surface area (Å²) in [6.07, 6.45) is 1.71. The van der Waals surface area contributed by atoms with E-state index in [1.807, 2.05) is 17.7 Å². The molecule has 0 bridgehead atoms. The summed E-state index contributed by atoms with van der Waals surface area (Å²) in [5.74, 6) is -0.911. The lowest BCUT2D eigenvalue weighted by Crippen LogP contribution is -2.22. The normalized spacial score (nSPS) is 11.3. The van der Waals surface area contributed by atoms with Crippen LogP contribution in [0.3, 0.4) is 0 Å². The Balaban J connectivity index is 2.36. The zero-order valence-corrected chi connectivity index (χ0v) is 10.6. The van der Waals surface area contributed by atoms with E-state index in [-0.39, 0.29) is 0 Å². The zero-order valence-electron chi connectivity index (χ0n) is 10.6. The largest absolute Gasteiger partial charge is 0.478 e. The molecule has 1 heterocycles. The van der Waals surface area contributed by atoms with Crippen LogP contribution in [0.2, 0.25) is 0 Å². The second-order valence-electron chi connectivity index (χ2n) is 4.31. The van der Waals surface area contributed by atoms with Crippen molar-refractivity contribution in [2.24, 2.45) is 0 Å². The quantitative estimate of drug-likeness (QED) is 0.873. The number of fused-ring (bicyclic) bond motifs is 1. The molecule has 2 rings (SSSR count). The summed E-state index contributed by atoms with van der Waals surface area (Å²) < 4.78 is 1.91. The van der Waals surface area contributed by atoms with Crippen LogP contribution < -0.4 is 0 Å². The summed E-state index contributed by atoms with van der Waals surface area (Å²) in [7, 11) is 2.04. The number of aromatic nitrogens is 2. The molecule has 5 heteroatoms. The number of nitrogens with zero attached hydrogens (tertiary/aromatic N) is 3. The molecular formula is C13H17N3O2. The first-order chi connectivity index (χ1) is 8.63. The Labute approximate surface area is 106 Å². The van der Waals surface area contributed by atoms with E-state index in [1.54, 1.807) is 18.5 Å². The molecule has 0 radical (unpaired) electrons. The van der Waals surface area contributed by atoms with E-state index in [2.05, 4.69) is 16.8 Å². The van der Waals surface area contributed by atoms with Gasteiger partial charge in [-0.25, -0.2) is 9.78 Å². The summed E-state index contributed by atoms with van der Waals surface area (Å²) in [6.45, 7) is 4.67. The van der Waals surface area contributed by atoms with Crippen molar-refractivity contribution in [1.82, 2.24) is 14.5 Å². The molecule has 0 aliphatic carbocycles. The number of hydrogen-bond acceptors (Lipinski definition) is 3. The molecule has 1 aromatic heterocycles. The first-order valence-corrected chi connectivity index (χ1v) is 5.99. The van der Waals surface area contributed by atoms with Crippen LogP contribution in [0.4, 0.5) is 0 Å². The fourth-order valence-electron chi connectivity index (χ4n) is 1.91. The van der Waals surface area contributed by atoms with Gasteiger partial charge < -0.3 is 14.6 Å². The van der Waals surface area contributed by atoms with Crippen molar-refractivity contribution in [3.63, 3.8) is 0 Å². The molecular weight excluding hydrogens is 230 g/mol. The van der Waals surface area contributed by atoms with E-state index < -0.39 is 5.97 Å². The monoisotopic (exact) mass is 247 g/mol. The van der Waals surface area contributed by atoms with E-state index in [0.717, 1.165) is 25.2 Å². The number of carbonyl (C=O) groups is 1. The van der Waals surface area contributed by atoms with Gasteiger partial charge in [-0.3, -0.25) is 0 Å². The van der Waals surface area contributed by atoms with Gasteiger partial charge in [0, 0.05) is 13.1 Å². The zero-order chi connectivity index (χ0) is 13.1. The minimum atomic E-state index is -0.911. The highest BCUT2D eigenvalue weighted by atomic mass is 16.4. The van der Waals surface area contributed by atoms with Crippen molar-refractivity contribution in [3.05, 3.63) is 30.1 Å². The second-order valence-corrected chi connectivity index (χ2v) is 4.31. The molecule has 0 saturated carbocycles. The standard InChI is InChI=1S/C13H17N3O2/c1-3-15(2)7-8-16-9-14-11-6-4-5-10(12(11)16)13(17)18/h4-6,9H,3,7-8H2,1-2H3,(H,17,18). The van der Waals surface area contributed by atoms with E-state index in [9.17, 15) is 9.90 Å². The molecule has 0 saturated heterocycles. The average Bonchev–Trinajstić information content (AvgIpc) is 2.78. The molecule has 0 aliphatic rings. The predicted molar refractivity (Wildman–Crippen MR) is 69.9 cm³/mol. The van der Waals surface area contributed by atoms with Gasteiger partial charge in [-0.05, 0) is 25.7 Å². The maximum absolute atomic E-state index is 11.2. The van der Waals surface area contributed by atoms with Crippen LogP contribution in [-0.2, 0) is 6.54 Å². The van der Waals surface area contributed by atoms with Crippen molar-refractivity contribution in [1.29, 1.82) is 0 Å². The van der Waals surface area contributed by atoms with Crippen molar-refractivity contribution >= 4 is 17.0 Å². The molecule has 18 heavy (non-hydrogen) atoms. The highest BCUT2D eigenvalue weighted by Crippen LogP contribution is 2.18. The summed E-state index contributed by atoms with van der Waals surface area (Å²) >= 11 is 0. The maximum atomic E-state index is 11.2. The Morgan fingerprint density at radius 1 is 1.50 bits per heavy atom. The number of benzene rings is 1. The van der Waals surface area contributed by atoms with Crippen molar-refractivity contribution in [2.75, 3.05) is 20.1 Å². The van der Waals surface area contributed by atoms with Crippen LogP contribution in [-0.4, -0.2) is 45.7 Å². The average molecular weight is 247 g/mol. The Bertz CT molecular complexity index is 562. The van der Waals surface area contributed by atoms with Crippen LogP contribution in [0.25, 0.3) is 11.0 Å².